The number of hydrogen-bond acceptors (Lipinski definition) is 3. The normalized spacial score (nSPS) is 21.1. The molecule has 34 heavy (non-hydrogen) atoms. The third-order valence-corrected chi connectivity index (χ3v) is 6.90. The van der Waals surface area contributed by atoms with Crippen LogP contribution in [0.2, 0.25) is 0 Å². The van der Waals surface area contributed by atoms with E-state index in [9.17, 15) is 19.1 Å². The van der Waals surface area contributed by atoms with Crippen molar-refractivity contribution in [2.24, 2.45) is 0 Å². The van der Waals surface area contributed by atoms with E-state index in [-0.39, 0.29) is 22.9 Å². The van der Waals surface area contributed by atoms with E-state index in [0.29, 0.717) is 12.0 Å². The number of nitrogens with one attached hydrogen (secondary N) is 1. The highest BCUT2D eigenvalue weighted by molar-refractivity contribution is 6.27. The lowest BCUT2D eigenvalue weighted by Gasteiger charge is -2.37. The molecule has 0 spiro atoms. The van der Waals surface area contributed by atoms with Crippen LogP contribution in [-0.2, 0) is 16.0 Å². The zero-order valence-corrected chi connectivity index (χ0v) is 18.4. The minimum Gasteiger partial charge on any atom is -0.512 e. The lowest BCUT2D eigenvalue weighted by atomic mass is 9.88. The SMILES string of the molecule is C/C(O)=C1\C(=O)[C@@H]2Cc3c([nH]c4ccccc34)[C@@H](c3ccc(-c4ccccc4F)cc3)N2C1=O. The molecule has 0 bridgehead atoms. The van der Waals surface area contributed by atoms with Crippen molar-refractivity contribution >= 4 is 22.6 Å². The molecule has 2 atom stereocenters. The largest absolute Gasteiger partial charge is 0.512 e. The number of halogens is 1. The second kappa shape index (κ2) is 7.42. The molecule has 0 unspecified atom stereocenters. The molecule has 2 N–H and O–H groups in total. The molecule has 1 aromatic heterocycles. The zero-order valence-electron chi connectivity index (χ0n) is 18.4. The van der Waals surface area contributed by atoms with Gasteiger partial charge in [-0.05, 0) is 35.7 Å². The fourth-order valence-corrected chi connectivity index (χ4v) is 5.36. The predicted molar refractivity (Wildman–Crippen MR) is 127 cm³/mol. The van der Waals surface area contributed by atoms with Crippen LogP contribution in [0.25, 0.3) is 22.0 Å². The van der Waals surface area contributed by atoms with Gasteiger partial charge in [-0.25, -0.2) is 4.39 Å². The van der Waals surface area contributed by atoms with Gasteiger partial charge in [-0.2, -0.15) is 0 Å². The summed E-state index contributed by atoms with van der Waals surface area (Å²) in [5.74, 6) is -1.39. The Balaban J connectivity index is 1.53. The Labute approximate surface area is 195 Å². The first-order chi connectivity index (χ1) is 16.5. The molecule has 2 aliphatic rings. The number of hydrogen-bond donors (Lipinski definition) is 2. The Hall–Kier alpha value is -4.19. The first kappa shape index (κ1) is 20.4. The molecule has 0 aliphatic carbocycles. The van der Waals surface area contributed by atoms with E-state index < -0.39 is 18.0 Å². The number of Topliss-reactive ketones (excluding diaryl/α,β-unsaturated/α-hetero) is 1. The smallest absolute Gasteiger partial charge is 0.262 e. The number of nitrogens with zero attached hydrogens (tertiary/aromatic N) is 1. The van der Waals surface area contributed by atoms with Gasteiger partial charge in [-0.1, -0.05) is 60.7 Å². The summed E-state index contributed by atoms with van der Waals surface area (Å²) in [5, 5.41) is 11.1. The van der Waals surface area contributed by atoms with Crippen molar-refractivity contribution in [2.45, 2.75) is 25.4 Å². The summed E-state index contributed by atoms with van der Waals surface area (Å²) in [6, 6.07) is 20.6. The van der Waals surface area contributed by atoms with Gasteiger partial charge in [0.25, 0.3) is 5.91 Å². The highest BCUT2D eigenvalue weighted by atomic mass is 19.1. The lowest BCUT2D eigenvalue weighted by Crippen LogP contribution is -2.44. The lowest BCUT2D eigenvalue weighted by molar-refractivity contribution is -0.129. The highest BCUT2D eigenvalue weighted by Gasteiger charge is 2.52. The number of H-pyrrole nitrogens is 1. The van der Waals surface area contributed by atoms with E-state index in [1.54, 1.807) is 23.1 Å². The van der Waals surface area contributed by atoms with Gasteiger partial charge in [0.1, 0.15) is 23.2 Å². The van der Waals surface area contributed by atoms with Crippen LogP contribution in [-0.4, -0.2) is 32.7 Å². The summed E-state index contributed by atoms with van der Waals surface area (Å²) in [6.07, 6.45) is 0.379. The maximum absolute atomic E-state index is 14.3. The molecule has 168 valence electrons. The molecule has 0 saturated carbocycles. The number of aromatic nitrogens is 1. The molecular formula is C28H21FN2O3. The van der Waals surface area contributed by atoms with Gasteiger partial charge < -0.3 is 15.0 Å². The number of carbonyl (C=O) groups is 2. The van der Waals surface area contributed by atoms with Crippen LogP contribution in [0, 0.1) is 5.82 Å². The number of benzene rings is 3. The van der Waals surface area contributed by atoms with Crippen LogP contribution in [0.4, 0.5) is 4.39 Å². The Morgan fingerprint density at radius 3 is 2.44 bits per heavy atom. The molecule has 1 fully saturated rings. The fraction of sp³-hybridized carbons (Fsp3) is 0.143. The van der Waals surface area contributed by atoms with Crippen molar-refractivity contribution in [3.63, 3.8) is 0 Å². The maximum Gasteiger partial charge on any atom is 0.262 e. The minimum absolute atomic E-state index is 0.146. The number of rotatable bonds is 2. The molecule has 5 nitrogen and oxygen atoms in total. The van der Waals surface area contributed by atoms with Crippen molar-refractivity contribution < 1.29 is 19.1 Å². The summed E-state index contributed by atoms with van der Waals surface area (Å²) in [5.41, 5.74) is 4.67. The number of amides is 1. The Morgan fingerprint density at radius 1 is 1.00 bits per heavy atom. The van der Waals surface area contributed by atoms with E-state index >= 15 is 0 Å². The second-order valence-electron chi connectivity index (χ2n) is 8.82. The number of aliphatic hydroxyl groups excluding tert-OH is 1. The third kappa shape index (κ3) is 2.85. The molecule has 6 heteroatoms. The van der Waals surface area contributed by atoms with Crippen LogP contribution < -0.4 is 0 Å². The van der Waals surface area contributed by atoms with Crippen LogP contribution in [0.1, 0.15) is 29.8 Å². The van der Waals surface area contributed by atoms with Gasteiger partial charge in [-0.3, -0.25) is 9.59 Å². The van der Waals surface area contributed by atoms with E-state index in [1.165, 1.54) is 13.0 Å². The molecule has 6 rings (SSSR count). The molecule has 3 heterocycles. The van der Waals surface area contributed by atoms with Crippen molar-refractivity contribution in [2.75, 3.05) is 0 Å². The van der Waals surface area contributed by atoms with Crippen LogP contribution in [0.15, 0.2) is 84.1 Å². The summed E-state index contributed by atoms with van der Waals surface area (Å²) < 4.78 is 14.3. The van der Waals surface area contributed by atoms with E-state index in [2.05, 4.69) is 4.98 Å². The number of aliphatic hydroxyl groups is 1. The second-order valence-corrected chi connectivity index (χ2v) is 8.82. The summed E-state index contributed by atoms with van der Waals surface area (Å²) in [6.45, 7) is 1.37. The molecular weight excluding hydrogens is 431 g/mol. The van der Waals surface area contributed by atoms with Crippen molar-refractivity contribution in [1.82, 2.24) is 9.88 Å². The predicted octanol–water partition coefficient (Wildman–Crippen LogP) is 5.23. The topological polar surface area (TPSA) is 73.4 Å². The average molecular weight is 452 g/mol. The molecule has 1 amide bonds. The van der Waals surface area contributed by atoms with Gasteiger partial charge >= 0.3 is 0 Å². The molecule has 0 radical (unpaired) electrons. The fourth-order valence-electron chi connectivity index (χ4n) is 5.36. The van der Waals surface area contributed by atoms with Crippen molar-refractivity contribution in [1.29, 1.82) is 0 Å². The number of ketones is 1. The van der Waals surface area contributed by atoms with E-state index in [4.69, 9.17) is 0 Å². The Kier molecular flexibility index (Phi) is 4.45. The average Bonchev–Trinajstić information content (AvgIpc) is 3.33. The first-order valence-corrected chi connectivity index (χ1v) is 11.2. The molecule has 4 aromatic rings. The summed E-state index contributed by atoms with van der Waals surface area (Å²) >= 11 is 0. The monoisotopic (exact) mass is 452 g/mol. The third-order valence-electron chi connectivity index (χ3n) is 6.90. The van der Waals surface area contributed by atoms with Crippen LogP contribution >= 0.6 is 0 Å². The van der Waals surface area contributed by atoms with Crippen molar-refractivity contribution in [3.8, 4) is 11.1 Å². The number of carbonyl (C=O) groups excluding carboxylic acids is 2. The standard InChI is InChI=1S/C28H21FN2O3/c1-15(32)24-27(33)23-14-20-19-7-3-5-9-22(19)30-25(20)26(31(23)28(24)34)17-12-10-16(11-13-17)18-6-2-4-8-21(18)29/h2-13,23,26,30,32H,14H2,1H3/b24-15-/t23-,26+/m0/s1. The first-order valence-electron chi connectivity index (χ1n) is 11.2. The number of para-hydroxylation sites is 1. The molecule has 3 aromatic carbocycles. The van der Waals surface area contributed by atoms with Gasteiger partial charge in [0.05, 0.1) is 6.04 Å². The quantitative estimate of drug-likeness (QED) is 0.248. The van der Waals surface area contributed by atoms with Gasteiger partial charge in [0, 0.05) is 28.6 Å². The molecule has 1 saturated heterocycles. The Bertz CT molecular complexity index is 1510. The highest BCUT2D eigenvalue weighted by Crippen LogP contribution is 2.45. The van der Waals surface area contributed by atoms with E-state index in [0.717, 1.165) is 33.3 Å². The summed E-state index contributed by atoms with van der Waals surface area (Å²) in [4.78, 5) is 31.6. The Morgan fingerprint density at radius 2 is 1.71 bits per heavy atom. The van der Waals surface area contributed by atoms with Gasteiger partial charge in [0.15, 0.2) is 5.78 Å². The van der Waals surface area contributed by atoms with E-state index in [1.807, 2.05) is 48.5 Å². The minimum atomic E-state index is -0.687. The van der Waals surface area contributed by atoms with Crippen molar-refractivity contribution in [3.05, 3.63) is 107 Å². The summed E-state index contributed by atoms with van der Waals surface area (Å²) in [7, 11) is 0. The van der Waals surface area contributed by atoms with Crippen LogP contribution in [0.3, 0.4) is 0 Å². The van der Waals surface area contributed by atoms with Gasteiger partial charge in [0.2, 0.25) is 0 Å². The number of fused-ring (bicyclic) bond motifs is 4. The van der Waals surface area contributed by atoms with Crippen LogP contribution in [0.5, 0.6) is 0 Å². The maximum atomic E-state index is 14.3. The zero-order chi connectivity index (χ0) is 23.6. The molecule has 2 aliphatic heterocycles. The number of allylic oxidation sites excluding steroid dienone is 1. The number of aromatic amines is 1. The van der Waals surface area contributed by atoms with Gasteiger partial charge in [-0.15, -0.1) is 0 Å².